The van der Waals surface area contributed by atoms with E-state index in [2.05, 4.69) is 29.5 Å². The van der Waals surface area contributed by atoms with Crippen molar-refractivity contribution in [3.8, 4) is 0 Å². The van der Waals surface area contributed by atoms with Gasteiger partial charge in [-0.1, -0.05) is 37.3 Å². The number of hydrazine groups is 1. The van der Waals surface area contributed by atoms with Crippen LogP contribution in [0.15, 0.2) is 65.3 Å². The third-order valence-electron chi connectivity index (χ3n) is 5.92. The molecule has 1 aliphatic carbocycles. The van der Waals surface area contributed by atoms with Gasteiger partial charge in [0, 0.05) is 25.5 Å². The summed E-state index contributed by atoms with van der Waals surface area (Å²) in [5, 5.41) is 1.93. The third-order valence-corrected chi connectivity index (χ3v) is 7.81. The fourth-order valence-electron chi connectivity index (χ4n) is 4.13. The molecule has 1 aromatic carbocycles. The van der Waals surface area contributed by atoms with Gasteiger partial charge in [0.2, 0.25) is 10.0 Å². The fraction of sp³-hybridized carbons (Fsp3) is 0.409. The van der Waals surface area contributed by atoms with Crippen LogP contribution < -0.4 is 10.4 Å². The Bertz CT molecular complexity index is 974. The summed E-state index contributed by atoms with van der Waals surface area (Å²) in [6, 6.07) is 13.8. The predicted octanol–water partition coefficient (Wildman–Crippen LogP) is 3.34. The van der Waals surface area contributed by atoms with E-state index in [0.29, 0.717) is 18.3 Å². The van der Waals surface area contributed by atoms with E-state index in [1.165, 1.54) is 21.6 Å². The van der Waals surface area contributed by atoms with Crippen molar-refractivity contribution >= 4 is 15.8 Å². The SMILES string of the molecule is C[C@H]1CC[C@@H](N(C)S(=O)(=O)c2ccc(N3CC(Cc4ccccc4)=CN3)nc2)C1. The molecule has 154 valence electrons. The smallest absolute Gasteiger partial charge is 0.244 e. The Kier molecular flexibility index (Phi) is 5.61. The van der Waals surface area contributed by atoms with Crippen LogP contribution >= 0.6 is 0 Å². The summed E-state index contributed by atoms with van der Waals surface area (Å²) in [5.41, 5.74) is 5.74. The van der Waals surface area contributed by atoms with Crippen molar-refractivity contribution < 1.29 is 8.42 Å². The van der Waals surface area contributed by atoms with E-state index in [4.69, 9.17) is 0 Å². The Morgan fingerprint density at radius 2 is 1.97 bits per heavy atom. The number of sulfonamides is 1. The van der Waals surface area contributed by atoms with Crippen LogP contribution in [0.25, 0.3) is 0 Å². The van der Waals surface area contributed by atoms with Crippen molar-refractivity contribution in [1.29, 1.82) is 0 Å². The average Bonchev–Trinajstić information content (AvgIpc) is 3.37. The molecule has 29 heavy (non-hydrogen) atoms. The first-order valence-electron chi connectivity index (χ1n) is 10.1. The van der Waals surface area contributed by atoms with Crippen molar-refractivity contribution in [2.24, 2.45) is 5.92 Å². The van der Waals surface area contributed by atoms with E-state index >= 15 is 0 Å². The zero-order valence-electron chi connectivity index (χ0n) is 17.0. The summed E-state index contributed by atoms with van der Waals surface area (Å²) < 4.78 is 27.4. The van der Waals surface area contributed by atoms with Crippen LogP contribution in [0, 0.1) is 5.92 Å². The van der Waals surface area contributed by atoms with Gasteiger partial charge in [-0.15, -0.1) is 0 Å². The molecular weight excluding hydrogens is 384 g/mol. The van der Waals surface area contributed by atoms with E-state index in [1.807, 2.05) is 29.4 Å². The summed E-state index contributed by atoms with van der Waals surface area (Å²) in [6.07, 6.45) is 7.28. The molecule has 2 atom stereocenters. The van der Waals surface area contributed by atoms with E-state index in [-0.39, 0.29) is 10.9 Å². The topological polar surface area (TPSA) is 65.5 Å². The standard InChI is InChI=1S/C22H28N4O2S/c1-17-8-9-20(12-17)25(2)29(27,28)21-10-11-22(23-15-21)26-16-19(14-24-26)13-18-6-4-3-5-7-18/h3-7,10-11,14-15,17,20,24H,8-9,12-13,16H2,1-2H3/t17-,20+/m0/s1. The molecule has 1 fully saturated rings. The molecular formula is C22H28N4O2S. The van der Waals surface area contributed by atoms with Crippen LogP contribution in [0.2, 0.25) is 0 Å². The number of rotatable bonds is 6. The van der Waals surface area contributed by atoms with E-state index < -0.39 is 10.0 Å². The largest absolute Gasteiger partial charge is 0.304 e. The fourth-order valence-corrected chi connectivity index (χ4v) is 5.47. The minimum Gasteiger partial charge on any atom is -0.304 e. The number of nitrogens with zero attached hydrogens (tertiary/aromatic N) is 3. The molecule has 1 aliphatic heterocycles. The Hall–Kier alpha value is -2.38. The Morgan fingerprint density at radius 1 is 1.17 bits per heavy atom. The zero-order valence-corrected chi connectivity index (χ0v) is 17.8. The number of benzene rings is 1. The normalized spacial score (nSPS) is 22.0. The Morgan fingerprint density at radius 3 is 2.62 bits per heavy atom. The van der Waals surface area contributed by atoms with Crippen molar-refractivity contribution in [2.45, 2.75) is 43.5 Å². The van der Waals surface area contributed by atoms with Gasteiger partial charge in [-0.3, -0.25) is 5.01 Å². The lowest BCUT2D eigenvalue weighted by Gasteiger charge is -2.24. The molecule has 7 heteroatoms. The quantitative estimate of drug-likeness (QED) is 0.788. The monoisotopic (exact) mass is 412 g/mol. The van der Waals surface area contributed by atoms with Crippen LogP contribution in [0.4, 0.5) is 5.82 Å². The van der Waals surface area contributed by atoms with Crippen LogP contribution in [0.5, 0.6) is 0 Å². The highest BCUT2D eigenvalue weighted by Gasteiger charge is 2.32. The molecule has 1 saturated carbocycles. The minimum atomic E-state index is -3.52. The molecule has 0 unspecified atom stereocenters. The van der Waals surface area contributed by atoms with Gasteiger partial charge >= 0.3 is 0 Å². The zero-order chi connectivity index (χ0) is 20.4. The molecule has 6 nitrogen and oxygen atoms in total. The van der Waals surface area contributed by atoms with Gasteiger partial charge in [-0.2, -0.15) is 4.31 Å². The number of anilines is 1. The number of hydrogen-bond acceptors (Lipinski definition) is 5. The highest BCUT2D eigenvalue weighted by Crippen LogP contribution is 2.31. The Labute approximate surface area is 173 Å². The van der Waals surface area contributed by atoms with Crippen LogP contribution in [-0.2, 0) is 16.4 Å². The highest BCUT2D eigenvalue weighted by atomic mass is 32.2. The first-order valence-corrected chi connectivity index (χ1v) is 11.6. The molecule has 2 heterocycles. The number of hydrogen-bond donors (Lipinski definition) is 1. The van der Waals surface area contributed by atoms with Crippen LogP contribution in [0.1, 0.15) is 31.7 Å². The molecule has 1 N–H and O–H groups in total. The van der Waals surface area contributed by atoms with Crippen molar-refractivity contribution in [3.05, 3.63) is 66.0 Å². The maximum atomic E-state index is 13.0. The summed E-state index contributed by atoms with van der Waals surface area (Å²) >= 11 is 0. The van der Waals surface area contributed by atoms with Gasteiger partial charge in [0.05, 0.1) is 6.54 Å². The molecule has 0 saturated heterocycles. The highest BCUT2D eigenvalue weighted by molar-refractivity contribution is 7.89. The Balaban J connectivity index is 1.40. The van der Waals surface area contributed by atoms with Gasteiger partial charge in [-0.05, 0) is 54.9 Å². The first kappa shape index (κ1) is 19.9. The molecule has 0 radical (unpaired) electrons. The van der Waals surface area contributed by atoms with Crippen molar-refractivity contribution in [3.63, 3.8) is 0 Å². The van der Waals surface area contributed by atoms with Crippen LogP contribution in [0.3, 0.4) is 0 Å². The second-order valence-corrected chi connectivity index (χ2v) is 10.1. The molecule has 0 spiro atoms. The second kappa shape index (κ2) is 8.16. The predicted molar refractivity (Wildman–Crippen MR) is 115 cm³/mol. The summed E-state index contributed by atoms with van der Waals surface area (Å²) in [7, 11) is -1.83. The summed E-state index contributed by atoms with van der Waals surface area (Å²) in [5.74, 6) is 1.29. The second-order valence-electron chi connectivity index (χ2n) is 8.13. The van der Waals surface area contributed by atoms with Gasteiger partial charge in [-0.25, -0.2) is 13.4 Å². The lowest BCUT2D eigenvalue weighted by molar-refractivity contribution is 0.365. The number of nitrogens with one attached hydrogen (secondary N) is 1. The number of aromatic nitrogens is 1. The molecule has 2 aromatic rings. The molecule has 2 aliphatic rings. The summed E-state index contributed by atoms with van der Waals surface area (Å²) in [6.45, 7) is 2.90. The average molecular weight is 413 g/mol. The van der Waals surface area contributed by atoms with E-state index in [9.17, 15) is 8.42 Å². The molecule has 0 bridgehead atoms. The van der Waals surface area contributed by atoms with Gasteiger partial charge in [0.1, 0.15) is 10.7 Å². The van der Waals surface area contributed by atoms with Crippen molar-refractivity contribution in [2.75, 3.05) is 18.6 Å². The number of pyridine rings is 1. The third kappa shape index (κ3) is 4.31. The van der Waals surface area contributed by atoms with E-state index in [0.717, 1.165) is 25.7 Å². The maximum absolute atomic E-state index is 13.0. The van der Waals surface area contributed by atoms with Crippen LogP contribution in [-0.4, -0.2) is 37.3 Å². The van der Waals surface area contributed by atoms with Gasteiger partial charge in [0.15, 0.2) is 0 Å². The van der Waals surface area contributed by atoms with Gasteiger partial charge < -0.3 is 5.43 Å². The first-order chi connectivity index (χ1) is 13.9. The molecule has 1 aromatic heterocycles. The van der Waals surface area contributed by atoms with E-state index in [1.54, 1.807) is 19.2 Å². The van der Waals surface area contributed by atoms with Gasteiger partial charge in [0.25, 0.3) is 0 Å². The van der Waals surface area contributed by atoms with Crippen molar-refractivity contribution in [1.82, 2.24) is 14.7 Å². The minimum absolute atomic E-state index is 0.0830. The lowest BCUT2D eigenvalue weighted by atomic mass is 10.1. The maximum Gasteiger partial charge on any atom is 0.244 e. The lowest BCUT2D eigenvalue weighted by Crippen LogP contribution is -2.35. The molecule has 4 rings (SSSR count). The summed E-state index contributed by atoms with van der Waals surface area (Å²) in [4.78, 5) is 4.67. The molecule has 0 amide bonds.